The van der Waals surface area contributed by atoms with E-state index in [1.807, 2.05) is 24.3 Å². The third-order valence-corrected chi connectivity index (χ3v) is 8.72. The molecule has 0 saturated heterocycles. The lowest BCUT2D eigenvalue weighted by Crippen LogP contribution is -2.26. The summed E-state index contributed by atoms with van der Waals surface area (Å²) in [6.45, 7) is 0.184. The summed E-state index contributed by atoms with van der Waals surface area (Å²) < 4.78 is 44.0. The molecule has 0 spiro atoms. The largest absolute Gasteiger partial charge is 0.508 e. The highest BCUT2D eigenvalue weighted by Gasteiger charge is 2.26. The lowest BCUT2D eigenvalue weighted by atomic mass is 9.80. The fourth-order valence-corrected chi connectivity index (χ4v) is 5.99. The quantitative estimate of drug-likeness (QED) is 0.0789. The van der Waals surface area contributed by atoms with Crippen LogP contribution in [-0.4, -0.2) is 78.0 Å². The molecule has 2 N–H and O–H groups in total. The predicted molar refractivity (Wildman–Crippen MR) is 193 cm³/mol. The van der Waals surface area contributed by atoms with Gasteiger partial charge < -0.3 is 48.1 Å². The Balaban J connectivity index is 1.56. The highest BCUT2D eigenvalue weighted by atomic mass is 16.5. The first kappa shape index (κ1) is 39.0. The van der Waals surface area contributed by atoms with Gasteiger partial charge in [-0.2, -0.15) is 0 Å². The average Bonchev–Trinajstić information content (AvgIpc) is 3.17. The minimum atomic E-state index is -0.572. The van der Waals surface area contributed by atoms with Crippen molar-refractivity contribution in [3.05, 3.63) is 95.1 Å². The number of rotatable bonds is 19. The van der Waals surface area contributed by atoms with Crippen LogP contribution in [0.4, 0.5) is 0 Å². The number of carbonyl (C=O) groups excluding carboxylic acids is 2. The van der Waals surface area contributed by atoms with Crippen molar-refractivity contribution >= 4 is 11.9 Å². The number of methoxy groups -OCH3 is 6. The Morgan fingerprint density at radius 2 is 0.923 bits per heavy atom. The molecule has 4 aromatic rings. The fourth-order valence-electron chi connectivity index (χ4n) is 5.99. The molecule has 0 heterocycles. The molecule has 0 aliphatic rings. The van der Waals surface area contributed by atoms with E-state index in [1.165, 1.54) is 66.9 Å². The van der Waals surface area contributed by atoms with Crippen molar-refractivity contribution in [3.8, 4) is 46.0 Å². The van der Waals surface area contributed by atoms with Crippen molar-refractivity contribution in [2.75, 3.05) is 55.9 Å². The summed E-state index contributed by atoms with van der Waals surface area (Å²) in [5, 5.41) is 19.8. The van der Waals surface area contributed by atoms with Crippen molar-refractivity contribution in [3.63, 3.8) is 0 Å². The molecule has 12 nitrogen and oxygen atoms in total. The zero-order valence-corrected chi connectivity index (χ0v) is 30.3. The molecule has 2 atom stereocenters. The van der Waals surface area contributed by atoms with Gasteiger partial charge in [0.15, 0.2) is 23.0 Å². The molecule has 52 heavy (non-hydrogen) atoms. The second-order valence-electron chi connectivity index (χ2n) is 12.0. The summed E-state index contributed by atoms with van der Waals surface area (Å²) in [6.07, 6.45) is 2.22. The third-order valence-electron chi connectivity index (χ3n) is 8.72. The molecule has 4 rings (SSSR count). The molecule has 0 fully saturated rings. The molecule has 0 bridgehead atoms. The normalized spacial score (nSPS) is 11.9. The van der Waals surface area contributed by atoms with E-state index in [9.17, 15) is 19.8 Å². The van der Waals surface area contributed by atoms with E-state index in [0.29, 0.717) is 60.2 Å². The van der Waals surface area contributed by atoms with E-state index in [-0.39, 0.29) is 47.7 Å². The zero-order chi connectivity index (χ0) is 37.6. The second-order valence-corrected chi connectivity index (χ2v) is 12.0. The van der Waals surface area contributed by atoms with Crippen LogP contribution >= 0.6 is 0 Å². The summed E-state index contributed by atoms with van der Waals surface area (Å²) in [5.74, 6) is 0.940. The van der Waals surface area contributed by atoms with Crippen molar-refractivity contribution < 1.29 is 57.7 Å². The third kappa shape index (κ3) is 10.1. The van der Waals surface area contributed by atoms with Gasteiger partial charge in [-0.3, -0.25) is 0 Å². The molecule has 0 aromatic heterocycles. The van der Waals surface area contributed by atoms with E-state index in [0.717, 1.165) is 11.1 Å². The van der Waals surface area contributed by atoms with Gasteiger partial charge in [0.25, 0.3) is 0 Å². The average molecular weight is 719 g/mol. The van der Waals surface area contributed by atoms with E-state index >= 15 is 0 Å². The molecule has 12 heteroatoms. The van der Waals surface area contributed by atoms with Crippen LogP contribution in [0, 0.1) is 11.8 Å². The lowest BCUT2D eigenvalue weighted by molar-refractivity contribution is 0.0361. The lowest BCUT2D eigenvalue weighted by Gasteiger charge is -2.28. The maximum atomic E-state index is 13.5. The number of carbonyl (C=O) groups is 2. The Labute approximate surface area is 303 Å². The van der Waals surface area contributed by atoms with Crippen LogP contribution in [0.2, 0.25) is 0 Å². The Hall–Kier alpha value is -5.78. The Kier molecular flexibility index (Phi) is 14.3. The summed E-state index contributed by atoms with van der Waals surface area (Å²) >= 11 is 0. The molecule has 0 radical (unpaired) electrons. The molecule has 0 aliphatic carbocycles. The summed E-state index contributed by atoms with van der Waals surface area (Å²) in [7, 11) is 8.84. The number of hydrogen-bond donors (Lipinski definition) is 2. The molecular weight excluding hydrogens is 672 g/mol. The van der Waals surface area contributed by atoms with Crippen molar-refractivity contribution in [2.24, 2.45) is 11.8 Å². The first-order valence-corrected chi connectivity index (χ1v) is 16.6. The van der Waals surface area contributed by atoms with Crippen LogP contribution < -0.4 is 28.4 Å². The zero-order valence-electron chi connectivity index (χ0n) is 30.3. The fraction of sp³-hybridized carbons (Fsp3) is 0.350. The van der Waals surface area contributed by atoms with Crippen molar-refractivity contribution in [1.82, 2.24) is 0 Å². The second kappa shape index (κ2) is 19.0. The van der Waals surface area contributed by atoms with Crippen LogP contribution in [0.3, 0.4) is 0 Å². The Bertz CT molecular complexity index is 1720. The Morgan fingerprint density at radius 1 is 0.538 bits per heavy atom. The van der Waals surface area contributed by atoms with E-state index in [1.54, 1.807) is 24.3 Å². The molecule has 278 valence electrons. The minimum absolute atomic E-state index is 0.0599. The van der Waals surface area contributed by atoms with Crippen LogP contribution in [0.15, 0.2) is 72.8 Å². The van der Waals surface area contributed by atoms with Gasteiger partial charge in [-0.25, -0.2) is 9.59 Å². The van der Waals surface area contributed by atoms with Gasteiger partial charge in [0.05, 0.1) is 67.0 Å². The maximum Gasteiger partial charge on any atom is 0.338 e. The van der Waals surface area contributed by atoms with Gasteiger partial charge in [-0.1, -0.05) is 24.3 Å². The molecule has 0 amide bonds. The van der Waals surface area contributed by atoms with Gasteiger partial charge in [0, 0.05) is 5.92 Å². The van der Waals surface area contributed by atoms with Crippen LogP contribution in [0.1, 0.15) is 44.7 Å². The van der Waals surface area contributed by atoms with Gasteiger partial charge >= 0.3 is 11.9 Å². The Morgan fingerprint density at radius 3 is 1.31 bits per heavy atom. The summed E-state index contributed by atoms with van der Waals surface area (Å²) in [6, 6.07) is 20.0. The summed E-state index contributed by atoms with van der Waals surface area (Å²) in [5.41, 5.74) is 2.39. The van der Waals surface area contributed by atoms with Crippen LogP contribution in [-0.2, 0) is 22.3 Å². The number of phenols is 2. The first-order valence-electron chi connectivity index (χ1n) is 16.6. The van der Waals surface area contributed by atoms with Crippen molar-refractivity contribution in [1.29, 1.82) is 0 Å². The van der Waals surface area contributed by atoms with E-state index < -0.39 is 11.9 Å². The number of benzene rings is 4. The van der Waals surface area contributed by atoms with Gasteiger partial charge in [-0.05, 0) is 91.3 Å². The predicted octanol–water partition coefficient (Wildman–Crippen LogP) is 6.66. The maximum absolute atomic E-state index is 13.5. The molecule has 4 aromatic carbocycles. The van der Waals surface area contributed by atoms with Crippen LogP contribution in [0.25, 0.3) is 0 Å². The van der Waals surface area contributed by atoms with Gasteiger partial charge in [-0.15, -0.1) is 0 Å². The van der Waals surface area contributed by atoms with Gasteiger partial charge in [0.2, 0.25) is 11.5 Å². The number of aromatic hydroxyl groups is 2. The van der Waals surface area contributed by atoms with E-state index in [4.69, 9.17) is 37.9 Å². The van der Waals surface area contributed by atoms with E-state index in [2.05, 4.69) is 0 Å². The molecule has 0 unspecified atom stereocenters. The highest BCUT2D eigenvalue weighted by molar-refractivity contribution is 5.91. The van der Waals surface area contributed by atoms with Crippen molar-refractivity contribution in [2.45, 2.75) is 25.7 Å². The standard InChI is InChI=1S/C40H46O12/c1-45-33-20-28(21-34(46-2)37(33)49-5)39(43)51-17-7-8-27(18-25-9-13-31(41)14-10-25)30(19-26-11-15-32(42)16-12-26)24-52-40(44)29-22-35(47-3)38(50-6)36(23-29)48-4/h9-16,20-23,27,30,41-42H,7-8,17-19,24H2,1-6H3/t27-,30+/m0/s1. The number of hydrogen-bond acceptors (Lipinski definition) is 12. The molecular formula is C40H46O12. The summed E-state index contributed by atoms with van der Waals surface area (Å²) in [4.78, 5) is 26.6. The molecule has 0 saturated carbocycles. The molecule has 0 aliphatic heterocycles. The number of ether oxygens (including phenoxy) is 8. The minimum Gasteiger partial charge on any atom is -0.508 e. The smallest absolute Gasteiger partial charge is 0.338 e. The van der Waals surface area contributed by atoms with Crippen LogP contribution in [0.5, 0.6) is 46.0 Å². The first-order chi connectivity index (χ1) is 25.1. The monoisotopic (exact) mass is 718 g/mol. The topological polar surface area (TPSA) is 148 Å². The highest BCUT2D eigenvalue weighted by Crippen LogP contribution is 2.40. The van der Waals surface area contributed by atoms with Gasteiger partial charge in [0.1, 0.15) is 11.5 Å². The SMILES string of the molecule is COc1cc(C(=O)OCCC[C@@H](Cc2ccc(O)cc2)[C@@H](COC(=O)c2cc(OC)c(OC)c(OC)c2)Cc2ccc(O)cc2)cc(OC)c1OC. The number of esters is 2. The number of phenolic OH excluding ortho intramolecular Hbond substituents is 2.